The molecule has 3 rings (SSSR count). The summed E-state index contributed by atoms with van der Waals surface area (Å²) in [5.74, 6) is 0.328. The molecule has 12 nitrogen and oxygen atoms in total. The van der Waals surface area contributed by atoms with E-state index in [-0.39, 0.29) is 18.3 Å². The maximum absolute atomic E-state index is 12.4. The summed E-state index contributed by atoms with van der Waals surface area (Å²) in [6.07, 6.45) is -1.16. The smallest absolute Gasteiger partial charge is 0.407 e. The largest absolute Gasteiger partial charge is 0.444 e. The molecule has 1 heterocycles. The van der Waals surface area contributed by atoms with E-state index in [1.165, 1.54) is 12.1 Å². The number of thiol groups is 1. The second-order valence-electron chi connectivity index (χ2n) is 9.22. The normalized spacial score (nSPS) is 16.6. The molecule has 1 amide bonds. The van der Waals surface area contributed by atoms with Gasteiger partial charge in [-0.1, -0.05) is 44.2 Å². The van der Waals surface area contributed by atoms with Crippen LogP contribution in [0.15, 0.2) is 59.5 Å². The van der Waals surface area contributed by atoms with Gasteiger partial charge in [-0.25, -0.2) is 8.98 Å². The van der Waals surface area contributed by atoms with Gasteiger partial charge in [-0.05, 0) is 36.6 Å². The van der Waals surface area contributed by atoms with E-state index in [0.717, 1.165) is 10.5 Å². The molecule has 2 aromatic carbocycles. The van der Waals surface area contributed by atoms with Crippen LogP contribution < -0.4 is 10.6 Å². The number of nitro benzene ring substituents is 1. The van der Waals surface area contributed by atoms with Crippen molar-refractivity contribution in [2.75, 3.05) is 26.3 Å². The monoisotopic (exact) mass is 585 g/mol. The van der Waals surface area contributed by atoms with Crippen molar-refractivity contribution in [1.82, 2.24) is 10.6 Å². The fraction of sp³-hybridized carbons (Fsp3) is 0.480. The lowest BCUT2D eigenvalue weighted by molar-refractivity contribution is -0.384. The van der Waals surface area contributed by atoms with Gasteiger partial charge < -0.3 is 20.1 Å². The van der Waals surface area contributed by atoms with Crippen molar-refractivity contribution in [2.45, 2.75) is 49.8 Å². The Morgan fingerprint density at radius 2 is 1.85 bits per heavy atom. The summed E-state index contributed by atoms with van der Waals surface area (Å²) in [5.41, 5.74) is 0.965. The number of hydrogen-bond donors (Lipinski definition) is 4. The zero-order chi connectivity index (χ0) is 28.8. The van der Waals surface area contributed by atoms with Crippen LogP contribution in [0.5, 0.6) is 0 Å². The molecule has 3 atom stereocenters. The van der Waals surface area contributed by atoms with Gasteiger partial charge in [-0.2, -0.15) is 8.42 Å². The fourth-order valence-electron chi connectivity index (χ4n) is 3.57. The molecular weight excluding hydrogens is 550 g/mol. The first-order chi connectivity index (χ1) is 18.4. The Labute approximate surface area is 233 Å². The van der Waals surface area contributed by atoms with Crippen molar-refractivity contribution in [3.05, 3.63) is 70.3 Å². The van der Waals surface area contributed by atoms with Crippen molar-refractivity contribution >= 4 is 34.8 Å². The first-order valence-electron chi connectivity index (χ1n) is 12.3. The molecule has 1 saturated heterocycles. The van der Waals surface area contributed by atoms with Crippen LogP contribution in [0.25, 0.3) is 0 Å². The van der Waals surface area contributed by atoms with E-state index < -0.39 is 33.6 Å². The van der Waals surface area contributed by atoms with Crippen molar-refractivity contribution in [3.63, 3.8) is 0 Å². The molecule has 0 aromatic heterocycles. The number of carbonyl (C=O) groups is 1. The van der Waals surface area contributed by atoms with Gasteiger partial charge in [0.1, 0.15) is 12.2 Å². The van der Waals surface area contributed by atoms with Crippen molar-refractivity contribution in [1.29, 1.82) is 0 Å². The number of carbonyl (C=O) groups excluding carboxylic acids is 1. The molecule has 0 saturated carbocycles. The maximum atomic E-state index is 12.4. The molecule has 14 heteroatoms. The van der Waals surface area contributed by atoms with Crippen LogP contribution in [0.4, 0.5) is 10.5 Å². The zero-order valence-electron chi connectivity index (χ0n) is 21.8. The highest BCUT2D eigenvalue weighted by Gasteiger charge is 2.30. The maximum Gasteiger partial charge on any atom is 0.407 e. The van der Waals surface area contributed by atoms with Crippen LogP contribution in [0.2, 0.25) is 0 Å². The Hall–Kier alpha value is -2.75. The van der Waals surface area contributed by atoms with E-state index in [1.807, 2.05) is 44.2 Å². The first-order valence-corrected chi connectivity index (χ1v) is 14.1. The number of hydrogen-bond acceptors (Lipinski definition) is 10. The lowest BCUT2D eigenvalue weighted by Gasteiger charge is -2.27. The highest BCUT2D eigenvalue weighted by atomic mass is 32.3. The Morgan fingerprint density at radius 1 is 1.18 bits per heavy atom. The fourth-order valence-corrected chi connectivity index (χ4v) is 4.24. The Bertz CT molecular complexity index is 1130. The molecule has 1 fully saturated rings. The minimum absolute atomic E-state index is 0.0952. The van der Waals surface area contributed by atoms with Crippen LogP contribution in [0, 0.1) is 16.0 Å². The molecule has 0 radical (unpaired) electrons. The number of nitrogens with one attached hydrogen (secondary N) is 2. The van der Waals surface area contributed by atoms with E-state index >= 15 is 0 Å². The summed E-state index contributed by atoms with van der Waals surface area (Å²) in [5, 5.41) is 15.9. The summed E-state index contributed by atoms with van der Waals surface area (Å²) >= 11 is 3.98. The molecule has 3 N–H and O–H groups in total. The van der Waals surface area contributed by atoms with E-state index in [1.54, 1.807) is 12.1 Å². The van der Waals surface area contributed by atoms with Gasteiger partial charge in [0, 0.05) is 30.0 Å². The number of nitro groups is 1. The highest BCUT2D eigenvalue weighted by Crippen LogP contribution is 2.14. The van der Waals surface area contributed by atoms with Crippen LogP contribution in [0.3, 0.4) is 0 Å². The molecule has 0 aliphatic carbocycles. The summed E-state index contributed by atoms with van der Waals surface area (Å²) < 4.78 is 47.5. The molecule has 2 aromatic rings. The van der Waals surface area contributed by atoms with Gasteiger partial charge >= 0.3 is 16.5 Å². The standard InChI is InChI=1S/C19H30N2O7S.C6H5NO2S/c1-14(2)11-20-12-18(28-29(23,24)25)17(10-15-6-4-3-5-7-15)21-19(22)27-16-8-9-26-13-16;8-7(9)5-1-3-6(10)4-2-5/h3-7,14,16-18,20H,8-13H2,1-2H3,(H,21,22)(H,23,24,25);1-4,10H/t16?,17?,18-;/m1./s1. The van der Waals surface area contributed by atoms with Gasteiger partial charge in [0.05, 0.1) is 24.2 Å². The van der Waals surface area contributed by atoms with Gasteiger partial charge in [0.2, 0.25) is 0 Å². The van der Waals surface area contributed by atoms with E-state index in [2.05, 4.69) is 23.3 Å². The van der Waals surface area contributed by atoms with Gasteiger partial charge in [0.25, 0.3) is 5.69 Å². The molecule has 1 aliphatic rings. The minimum Gasteiger partial charge on any atom is -0.444 e. The topological polar surface area (TPSA) is 166 Å². The molecule has 2 unspecified atom stereocenters. The number of benzene rings is 2. The summed E-state index contributed by atoms with van der Waals surface area (Å²) in [7, 11) is -4.72. The van der Waals surface area contributed by atoms with E-state index in [9.17, 15) is 27.9 Å². The Balaban J connectivity index is 0.000000446. The number of ether oxygens (including phenoxy) is 2. The number of amides is 1. The van der Waals surface area contributed by atoms with Crippen LogP contribution in [0.1, 0.15) is 25.8 Å². The molecule has 1 aliphatic heterocycles. The van der Waals surface area contributed by atoms with Gasteiger partial charge in [0.15, 0.2) is 0 Å². The van der Waals surface area contributed by atoms with E-state index in [0.29, 0.717) is 38.5 Å². The van der Waals surface area contributed by atoms with Crippen molar-refractivity contribution < 1.29 is 36.3 Å². The number of alkyl carbamates (subject to hydrolysis) is 1. The summed E-state index contributed by atoms with van der Waals surface area (Å²) in [4.78, 5) is 22.8. The third-order valence-electron chi connectivity index (χ3n) is 5.42. The summed E-state index contributed by atoms with van der Waals surface area (Å²) in [6, 6.07) is 14.5. The van der Waals surface area contributed by atoms with Crippen molar-refractivity contribution in [3.8, 4) is 0 Å². The Kier molecular flexibility index (Phi) is 13.6. The highest BCUT2D eigenvalue weighted by molar-refractivity contribution is 7.81. The van der Waals surface area contributed by atoms with Crippen LogP contribution >= 0.6 is 12.6 Å². The molecule has 0 bridgehead atoms. The quantitative estimate of drug-likeness (QED) is 0.125. The summed E-state index contributed by atoms with van der Waals surface area (Å²) in [6.45, 7) is 5.60. The molecule has 216 valence electrons. The Morgan fingerprint density at radius 3 is 2.38 bits per heavy atom. The third kappa shape index (κ3) is 13.7. The SMILES string of the molecule is CC(C)CNC[C@@H](OS(=O)(=O)O)C(Cc1ccccc1)NC(=O)OC1CCOC1.O=[N+]([O-])c1ccc(S)cc1. The molecule has 39 heavy (non-hydrogen) atoms. The average molecular weight is 586 g/mol. The lowest BCUT2D eigenvalue weighted by Crippen LogP contribution is -2.51. The number of non-ortho nitro benzene ring substituents is 1. The van der Waals surface area contributed by atoms with Crippen LogP contribution in [-0.4, -0.2) is 68.5 Å². The van der Waals surface area contributed by atoms with Gasteiger partial charge in [-0.3, -0.25) is 14.7 Å². The third-order valence-corrected chi connectivity index (χ3v) is 6.20. The molecule has 0 spiro atoms. The lowest BCUT2D eigenvalue weighted by atomic mass is 10.0. The second kappa shape index (κ2) is 16.4. The van der Waals surface area contributed by atoms with Gasteiger partial charge in [-0.15, -0.1) is 12.6 Å². The van der Waals surface area contributed by atoms with E-state index in [4.69, 9.17) is 13.7 Å². The zero-order valence-corrected chi connectivity index (χ0v) is 23.5. The number of rotatable bonds is 12. The first kappa shape index (κ1) is 32.5. The molecular formula is C25H35N3O9S2. The predicted octanol–water partition coefficient (Wildman–Crippen LogP) is 3.43. The average Bonchev–Trinajstić information content (AvgIpc) is 3.36. The van der Waals surface area contributed by atoms with Crippen molar-refractivity contribution in [2.24, 2.45) is 5.92 Å². The number of nitrogens with zero attached hydrogens (tertiary/aromatic N) is 1. The van der Waals surface area contributed by atoms with Crippen LogP contribution in [-0.2, 0) is 30.5 Å². The minimum atomic E-state index is -4.72. The second-order valence-corrected chi connectivity index (χ2v) is 10.8. The predicted molar refractivity (Wildman–Crippen MR) is 147 cm³/mol.